The molecule has 0 saturated heterocycles. The maximum Gasteiger partial charge on any atom is 0.101 e. The van der Waals surface area contributed by atoms with Crippen molar-refractivity contribution < 1.29 is 0 Å². The summed E-state index contributed by atoms with van der Waals surface area (Å²) in [7, 11) is 0. The number of aromatic nitrogens is 1. The molecule has 0 bridgehead atoms. The SMILES string of the molecule is Cc1ccc(-c2csc(Cc3cc(C)c(NC4=NCCCCC4)cc3C)n2)cc1. The predicted octanol–water partition coefficient (Wildman–Crippen LogP) is 6.71. The third-order valence-corrected chi connectivity index (χ3v) is 6.43. The van der Waals surface area contributed by atoms with Gasteiger partial charge in [-0.1, -0.05) is 42.3 Å². The Morgan fingerprint density at radius 3 is 2.62 bits per heavy atom. The van der Waals surface area contributed by atoms with Crippen molar-refractivity contribution in [3.63, 3.8) is 0 Å². The second-order valence-corrected chi connectivity index (χ2v) is 8.97. The molecule has 4 rings (SSSR count). The van der Waals surface area contributed by atoms with Gasteiger partial charge in [0.2, 0.25) is 0 Å². The molecule has 29 heavy (non-hydrogen) atoms. The van der Waals surface area contributed by atoms with E-state index in [0.29, 0.717) is 0 Å². The zero-order valence-corrected chi connectivity index (χ0v) is 18.4. The maximum atomic E-state index is 4.89. The van der Waals surface area contributed by atoms with Gasteiger partial charge in [-0.05, 0) is 56.4 Å². The van der Waals surface area contributed by atoms with Crippen molar-refractivity contribution in [2.75, 3.05) is 11.9 Å². The first kappa shape index (κ1) is 19.8. The van der Waals surface area contributed by atoms with Gasteiger partial charge in [-0.15, -0.1) is 11.3 Å². The van der Waals surface area contributed by atoms with Crippen LogP contribution in [0.15, 0.2) is 46.8 Å². The van der Waals surface area contributed by atoms with Gasteiger partial charge in [0, 0.05) is 36.0 Å². The molecule has 3 aromatic rings. The zero-order chi connectivity index (χ0) is 20.2. The number of hydrogen-bond donors (Lipinski definition) is 1. The minimum absolute atomic E-state index is 0.879. The van der Waals surface area contributed by atoms with Crippen LogP contribution in [0.2, 0.25) is 0 Å². The molecule has 4 heteroatoms. The number of aliphatic imine (C=N–C) groups is 1. The molecule has 3 nitrogen and oxygen atoms in total. The summed E-state index contributed by atoms with van der Waals surface area (Å²) in [5.74, 6) is 1.14. The fraction of sp³-hybridized carbons (Fsp3) is 0.360. The van der Waals surface area contributed by atoms with E-state index in [1.165, 1.54) is 52.8 Å². The lowest BCUT2D eigenvalue weighted by Crippen LogP contribution is -2.13. The molecular weight excluding hydrogens is 374 g/mol. The molecule has 1 aromatic heterocycles. The van der Waals surface area contributed by atoms with Gasteiger partial charge in [-0.2, -0.15) is 0 Å². The molecule has 150 valence electrons. The summed E-state index contributed by atoms with van der Waals surface area (Å²) >= 11 is 1.75. The van der Waals surface area contributed by atoms with Crippen molar-refractivity contribution in [2.45, 2.75) is 52.9 Å². The van der Waals surface area contributed by atoms with Crippen molar-refractivity contribution in [1.82, 2.24) is 4.98 Å². The highest BCUT2D eigenvalue weighted by atomic mass is 32.1. The van der Waals surface area contributed by atoms with E-state index in [4.69, 9.17) is 9.98 Å². The highest BCUT2D eigenvalue weighted by molar-refractivity contribution is 7.10. The number of amidine groups is 1. The number of aryl methyl sites for hydroxylation is 3. The van der Waals surface area contributed by atoms with Gasteiger partial charge in [0.15, 0.2) is 0 Å². The Bertz CT molecular complexity index is 1020. The van der Waals surface area contributed by atoms with Crippen LogP contribution in [-0.2, 0) is 6.42 Å². The number of hydrogen-bond acceptors (Lipinski definition) is 4. The van der Waals surface area contributed by atoms with Gasteiger partial charge < -0.3 is 5.32 Å². The molecule has 0 unspecified atom stereocenters. The molecular formula is C25H29N3S. The van der Waals surface area contributed by atoms with Crippen molar-refractivity contribution in [3.8, 4) is 11.3 Å². The Hall–Kier alpha value is -2.46. The molecule has 0 aliphatic carbocycles. The van der Waals surface area contributed by atoms with Gasteiger partial charge >= 0.3 is 0 Å². The molecule has 0 saturated carbocycles. The predicted molar refractivity (Wildman–Crippen MR) is 125 cm³/mol. The number of benzene rings is 2. The summed E-state index contributed by atoms with van der Waals surface area (Å²) in [6.45, 7) is 7.44. The van der Waals surface area contributed by atoms with Crippen molar-refractivity contribution in [2.24, 2.45) is 4.99 Å². The average molecular weight is 404 g/mol. The lowest BCUT2D eigenvalue weighted by molar-refractivity contribution is 0.731. The molecule has 1 N–H and O–H groups in total. The van der Waals surface area contributed by atoms with Crippen LogP contribution in [0.25, 0.3) is 11.3 Å². The lowest BCUT2D eigenvalue weighted by Gasteiger charge is -2.15. The number of anilines is 1. The zero-order valence-electron chi connectivity index (χ0n) is 17.6. The van der Waals surface area contributed by atoms with Crippen LogP contribution in [-0.4, -0.2) is 17.4 Å². The summed E-state index contributed by atoms with van der Waals surface area (Å²) in [4.78, 5) is 9.60. The molecule has 0 radical (unpaired) electrons. The first-order chi connectivity index (χ1) is 14.1. The van der Waals surface area contributed by atoms with Crippen LogP contribution >= 0.6 is 11.3 Å². The monoisotopic (exact) mass is 403 g/mol. The van der Waals surface area contributed by atoms with Gasteiger partial charge in [0.25, 0.3) is 0 Å². The van der Waals surface area contributed by atoms with Gasteiger partial charge in [-0.25, -0.2) is 4.98 Å². The highest BCUT2D eigenvalue weighted by Crippen LogP contribution is 2.27. The summed E-state index contributed by atoms with van der Waals surface area (Å²) in [5.41, 5.74) is 8.65. The number of rotatable bonds is 4. The molecule has 0 atom stereocenters. The molecule has 2 heterocycles. The van der Waals surface area contributed by atoms with Crippen LogP contribution in [0.4, 0.5) is 5.69 Å². The minimum atomic E-state index is 0.879. The van der Waals surface area contributed by atoms with Crippen molar-refractivity contribution in [1.29, 1.82) is 0 Å². The fourth-order valence-electron chi connectivity index (χ4n) is 3.74. The third-order valence-electron chi connectivity index (χ3n) is 5.58. The van der Waals surface area contributed by atoms with E-state index in [2.05, 4.69) is 67.9 Å². The lowest BCUT2D eigenvalue weighted by atomic mass is 10.0. The van der Waals surface area contributed by atoms with E-state index in [1.54, 1.807) is 11.3 Å². The Kier molecular flexibility index (Phi) is 6.10. The first-order valence-corrected chi connectivity index (χ1v) is 11.4. The Morgan fingerprint density at radius 2 is 1.79 bits per heavy atom. The minimum Gasteiger partial charge on any atom is -0.344 e. The second kappa shape index (κ2) is 8.91. The van der Waals surface area contributed by atoms with E-state index in [-0.39, 0.29) is 0 Å². The molecule has 0 fully saturated rings. The molecule has 1 aliphatic rings. The Morgan fingerprint density at radius 1 is 0.966 bits per heavy atom. The van der Waals surface area contributed by atoms with Crippen molar-refractivity contribution in [3.05, 3.63) is 69.0 Å². The van der Waals surface area contributed by atoms with Gasteiger partial charge in [0.05, 0.1) is 10.7 Å². The molecule has 0 amide bonds. The normalized spacial score (nSPS) is 14.4. The topological polar surface area (TPSA) is 37.3 Å². The number of thiazole rings is 1. The highest BCUT2D eigenvalue weighted by Gasteiger charge is 2.11. The molecule has 0 spiro atoms. The summed E-state index contributed by atoms with van der Waals surface area (Å²) in [6, 6.07) is 13.2. The third kappa shape index (κ3) is 4.94. The summed E-state index contributed by atoms with van der Waals surface area (Å²) in [5, 5.41) is 6.92. The Balaban J connectivity index is 1.50. The molecule has 1 aliphatic heterocycles. The smallest absolute Gasteiger partial charge is 0.101 e. The maximum absolute atomic E-state index is 4.89. The second-order valence-electron chi connectivity index (χ2n) is 8.03. The summed E-state index contributed by atoms with van der Waals surface area (Å²) in [6.07, 6.45) is 5.66. The first-order valence-electron chi connectivity index (χ1n) is 10.5. The summed E-state index contributed by atoms with van der Waals surface area (Å²) < 4.78 is 0. The van der Waals surface area contributed by atoms with E-state index < -0.39 is 0 Å². The van der Waals surface area contributed by atoms with E-state index in [1.807, 2.05) is 0 Å². The van der Waals surface area contributed by atoms with Crippen LogP contribution in [0, 0.1) is 20.8 Å². The number of nitrogens with zero attached hydrogens (tertiary/aromatic N) is 2. The van der Waals surface area contributed by atoms with Gasteiger partial charge in [-0.3, -0.25) is 4.99 Å². The fourth-order valence-corrected chi connectivity index (χ4v) is 4.57. The largest absolute Gasteiger partial charge is 0.344 e. The number of nitrogens with one attached hydrogen (secondary N) is 1. The van der Waals surface area contributed by atoms with Crippen LogP contribution in [0.5, 0.6) is 0 Å². The average Bonchev–Trinajstić information content (AvgIpc) is 3.01. The van der Waals surface area contributed by atoms with E-state index in [9.17, 15) is 0 Å². The van der Waals surface area contributed by atoms with E-state index >= 15 is 0 Å². The van der Waals surface area contributed by atoms with Crippen LogP contribution in [0.1, 0.15) is 52.9 Å². The van der Waals surface area contributed by atoms with E-state index in [0.717, 1.165) is 35.9 Å². The van der Waals surface area contributed by atoms with Crippen LogP contribution < -0.4 is 5.32 Å². The standard InChI is InChI=1S/C25H29N3S/c1-17-8-10-20(11-9-17)23-16-29-25(28-23)15-21-13-19(3)22(14-18(21)2)27-24-7-5-4-6-12-26-24/h8-11,13-14,16H,4-7,12,15H2,1-3H3,(H,26,27). The quantitative estimate of drug-likeness (QED) is 0.525. The van der Waals surface area contributed by atoms with Crippen molar-refractivity contribution >= 4 is 22.9 Å². The van der Waals surface area contributed by atoms with Crippen LogP contribution in [0.3, 0.4) is 0 Å². The molecule has 2 aromatic carbocycles. The Labute approximate surface area is 177 Å². The van der Waals surface area contributed by atoms with Gasteiger partial charge in [0.1, 0.15) is 5.84 Å².